The van der Waals surface area contributed by atoms with Crippen LogP contribution in [0.5, 0.6) is 0 Å². The van der Waals surface area contributed by atoms with Gasteiger partial charge in [0, 0.05) is 0 Å². The van der Waals surface area contributed by atoms with Crippen molar-refractivity contribution in [1.82, 2.24) is 0 Å². The minimum atomic E-state index is -3.41. The summed E-state index contributed by atoms with van der Waals surface area (Å²) in [7, 11) is 17.4. The van der Waals surface area contributed by atoms with E-state index in [0.29, 0.717) is 0 Å². The maximum atomic E-state index is 5.81. The Labute approximate surface area is 75.1 Å². The molecule has 0 unspecified atom stereocenters. The normalized spacial score (nSPS) is 11.5. The molecule has 1 rings (SSSR count). The first-order chi connectivity index (χ1) is 4.61. The first kappa shape index (κ1) is 9.05. The molecule has 1 aromatic rings. The molecule has 0 spiro atoms. The monoisotopic (exact) mass is 362 g/mol. The van der Waals surface area contributed by atoms with Gasteiger partial charge in [0.1, 0.15) is 0 Å². The molecule has 0 atom stereocenters. The van der Waals surface area contributed by atoms with Crippen molar-refractivity contribution in [2.45, 2.75) is 0 Å². The summed E-state index contributed by atoms with van der Waals surface area (Å²) in [6.45, 7) is 0. The SMILES string of the molecule is [Cl][Hf]([Cl])([Cl])[c]1ccccc1. The van der Waals surface area contributed by atoms with Crippen molar-refractivity contribution in [3.63, 3.8) is 0 Å². The van der Waals surface area contributed by atoms with Crippen molar-refractivity contribution in [3.05, 3.63) is 30.3 Å². The first-order valence-electron chi connectivity index (χ1n) is 2.73. The zero-order valence-electron chi connectivity index (χ0n) is 5.02. The Balaban J connectivity index is 2.97. The van der Waals surface area contributed by atoms with E-state index >= 15 is 0 Å². The Morgan fingerprint density at radius 1 is 0.900 bits per heavy atom. The Morgan fingerprint density at radius 3 is 1.70 bits per heavy atom. The first-order valence-corrected chi connectivity index (χ1v) is 17.9. The third-order valence-electron chi connectivity index (χ3n) is 1.10. The summed E-state index contributed by atoms with van der Waals surface area (Å²) in [5.74, 6) is 0. The second kappa shape index (κ2) is 3.57. The summed E-state index contributed by atoms with van der Waals surface area (Å²) in [6.07, 6.45) is 0. The van der Waals surface area contributed by atoms with Gasteiger partial charge in [0.2, 0.25) is 0 Å². The quantitative estimate of drug-likeness (QED) is 0.675. The summed E-state index contributed by atoms with van der Waals surface area (Å²) >= 11 is -3.41. The number of rotatable bonds is 1. The molecule has 4 heteroatoms. The van der Waals surface area contributed by atoms with Crippen LogP contribution in [0.2, 0.25) is 0 Å². The molecule has 0 aliphatic carbocycles. The summed E-state index contributed by atoms with van der Waals surface area (Å²) < 4.78 is 0.917. The fourth-order valence-electron chi connectivity index (χ4n) is 0.627. The number of halogens is 3. The van der Waals surface area contributed by atoms with Crippen molar-refractivity contribution in [3.8, 4) is 0 Å². The second-order valence-corrected chi connectivity index (χ2v) is 26.2. The fourth-order valence-corrected chi connectivity index (χ4v) is 5.77. The zero-order chi connectivity index (χ0) is 7.61. The average molecular weight is 362 g/mol. The molecule has 0 heterocycles. The van der Waals surface area contributed by atoms with Crippen LogP contribution < -0.4 is 3.32 Å². The summed E-state index contributed by atoms with van der Waals surface area (Å²) in [5, 5.41) is 0. The van der Waals surface area contributed by atoms with E-state index in [-0.39, 0.29) is 0 Å². The number of hydrogen-bond donors (Lipinski definition) is 0. The van der Waals surface area contributed by atoms with Gasteiger partial charge in [-0.3, -0.25) is 0 Å². The zero-order valence-corrected chi connectivity index (χ0v) is 10.9. The summed E-state index contributed by atoms with van der Waals surface area (Å²) in [5.41, 5.74) is 0. The summed E-state index contributed by atoms with van der Waals surface area (Å²) in [6, 6.07) is 9.42. The third-order valence-corrected chi connectivity index (χ3v) is 10.0. The van der Waals surface area contributed by atoms with Crippen LogP contribution in [0.4, 0.5) is 0 Å². The van der Waals surface area contributed by atoms with Gasteiger partial charge in [-0.2, -0.15) is 0 Å². The van der Waals surface area contributed by atoms with Crippen LogP contribution in [0.15, 0.2) is 30.3 Å². The molecule has 0 saturated carbocycles. The van der Waals surface area contributed by atoms with E-state index in [9.17, 15) is 0 Å². The van der Waals surface area contributed by atoms with Crippen molar-refractivity contribution < 1.29 is 16.4 Å². The van der Waals surface area contributed by atoms with Crippen molar-refractivity contribution in [2.24, 2.45) is 0 Å². The van der Waals surface area contributed by atoms with Gasteiger partial charge in [-0.15, -0.1) is 0 Å². The van der Waals surface area contributed by atoms with E-state index in [1.54, 1.807) is 0 Å². The van der Waals surface area contributed by atoms with Crippen LogP contribution in [0.1, 0.15) is 0 Å². The van der Waals surface area contributed by atoms with Gasteiger partial charge >= 0.3 is 75.8 Å². The molecule has 0 N–H and O–H groups in total. The molecule has 1 aromatic carbocycles. The molecule has 0 saturated heterocycles. The standard InChI is InChI=1S/C6H5.3ClH.Hf/c1-2-4-6-5-3-1;;;;/h1-5H;3*1H;/q;;;;+3/p-3. The molecule has 0 aliphatic heterocycles. The van der Waals surface area contributed by atoms with Crippen molar-refractivity contribution >= 4 is 29.1 Å². The Bertz CT molecular complexity index is 204. The fraction of sp³-hybridized carbons (Fsp3) is 0. The second-order valence-electron chi connectivity index (χ2n) is 1.86. The molecule has 0 bridgehead atoms. The predicted molar refractivity (Wildman–Crippen MR) is 43.6 cm³/mol. The molecule has 0 fully saturated rings. The molecule has 0 amide bonds. The molecule has 0 radical (unpaired) electrons. The van der Waals surface area contributed by atoms with Gasteiger partial charge in [-0.25, -0.2) is 0 Å². The van der Waals surface area contributed by atoms with Gasteiger partial charge in [-0.05, 0) is 0 Å². The van der Waals surface area contributed by atoms with Crippen molar-refractivity contribution in [1.29, 1.82) is 0 Å². The van der Waals surface area contributed by atoms with Crippen LogP contribution in [-0.4, -0.2) is 0 Å². The van der Waals surface area contributed by atoms with Crippen LogP contribution in [0.3, 0.4) is 0 Å². The predicted octanol–water partition coefficient (Wildman–Crippen LogP) is 2.93. The maximum absolute atomic E-state index is 5.81. The Morgan fingerprint density at radius 2 is 1.40 bits per heavy atom. The van der Waals surface area contributed by atoms with Gasteiger partial charge in [-0.1, -0.05) is 0 Å². The molecular formula is C6H5Cl3Hf. The van der Waals surface area contributed by atoms with Gasteiger partial charge in [0.25, 0.3) is 0 Å². The van der Waals surface area contributed by atoms with E-state index in [1.165, 1.54) is 0 Å². The van der Waals surface area contributed by atoms with E-state index in [4.69, 9.17) is 25.7 Å². The summed E-state index contributed by atoms with van der Waals surface area (Å²) in [4.78, 5) is 0. The van der Waals surface area contributed by atoms with Crippen LogP contribution >= 0.6 is 25.7 Å². The van der Waals surface area contributed by atoms with Gasteiger partial charge < -0.3 is 0 Å². The molecule has 54 valence electrons. The molecule has 10 heavy (non-hydrogen) atoms. The molecule has 0 nitrogen and oxygen atoms in total. The molecular weight excluding hydrogens is 357 g/mol. The Hall–Kier alpha value is 0.960. The van der Waals surface area contributed by atoms with Gasteiger partial charge in [0.05, 0.1) is 0 Å². The topological polar surface area (TPSA) is 0 Å². The number of benzene rings is 1. The molecule has 0 aliphatic rings. The third kappa shape index (κ3) is 2.54. The average Bonchev–Trinajstić information content (AvgIpc) is 1.88. The van der Waals surface area contributed by atoms with Gasteiger partial charge in [0.15, 0.2) is 0 Å². The van der Waals surface area contributed by atoms with Crippen LogP contribution in [0.25, 0.3) is 0 Å². The van der Waals surface area contributed by atoms with Crippen molar-refractivity contribution in [2.75, 3.05) is 0 Å². The molecule has 0 aromatic heterocycles. The number of hydrogen-bond acceptors (Lipinski definition) is 0. The van der Waals surface area contributed by atoms with Crippen LogP contribution in [0, 0.1) is 0 Å². The van der Waals surface area contributed by atoms with E-state index in [1.807, 2.05) is 30.3 Å². The minimum absolute atomic E-state index is 0.917. The Kier molecular flexibility index (Phi) is 3.23. The van der Waals surface area contributed by atoms with E-state index in [2.05, 4.69) is 0 Å². The van der Waals surface area contributed by atoms with Crippen LogP contribution in [-0.2, 0) is 16.4 Å². The van der Waals surface area contributed by atoms with E-state index < -0.39 is 16.4 Å². The van der Waals surface area contributed by atoms with E-state index in [0.717, 1.165) is 3.32 Å².